The first kappa shape index (κ1) is 16.5. The molecule has 2 heteroatoms. The second-order valence-electron chi connectivity index (χ2n) is 4.15. The molecule has 0 fully saturated rings. The molecule has 0 spiro atoms. The zero-order valence-electron chi connectivity index (χ0n) is 9.71. The molecule has 0 heterocycles. The summed E-state index contributed by atoms with van der Waals surface area (Å²) in [5.74, 6) is 0.450. The molecule has 0 bridgehead atoms. The summed E-state index contributed by atoms with van der Waals surface area (Å²) in [5, 5.41) is 9.55. The SMILES string of the molecule is CCCCCCCCc1ccccc1O.[SrH2]. The molecule has 0 aliphatic rings. The van der Waals surface area contributed by atoms with Gasteiger partial charge in [-0.1, -0.05) is 57.2 Å². The normalized spacial score (nSPS) is 9.81. The number of hydrogen-bond acceptors (Lipinski definition) is 1. The van der Waals surface area contributed by atoms with Crippen LogP contribution in [0.25, 0.3) is 0 Å². The number of aryl methyl sites for hydroxylation is 1. The Balaban J connectivity index is 0.00000225. The molecule has 0 unspecified atom stereocenters. The van der Waals surface area contributed by atoms with Crippen LogP contribution in [-0.2, 0) is 6.42 Å². The summed E-state index contributed by atoms with van der Waals surface area (Å²) in [6.07, 6.45) is 8.85. The van der Waals surface area contributed by atoms with Crippen LogP contribution in [0.2, 0.25) is 0 Å². The predicted molar refractivity (Wildman–Crippen MR) is 73.7 cm³/mol. The van der Waals surface area contributed by atoms with Crippen LogP contribution in [-0.4, -0.2) is 50.6 Å². The van der Waals surface area contributed by atoms with Gasteiger partial charge < -0.3 is 5.11 Å². The third kappa shape index (κ3) is 6.95. The summed E-state index contributed by atoms with van der Waals surface area (Å²) >= 11 is 0. The van der Waals surface area contributed by atoms with E-state index in [2.05, 4.69) is 6.92 Å². The summed E-state index contributed by atoms with van der Waals surface area (Å²) in [7, 11) is 0. The van der Waals surface area contributed by atoms with Crippen LogP contribution in [0, 0.1) is 0 Å². The van der Waals surface area contributed by atoms with Gasteiger partial charge in [-0.05, 0) is 24.5 Å². The zero-order chi connectivity index (χ0) is 10.9. The summed E-state index contributed by atoms with van der Waals surface area (Å²) in [6.45, 7) is 2.24. The van der Waals surface area contributed by atoms with Gasteiger partial charge in [-0.15, -0.1) is 0 Å². The molecule has 0 saturated carbocycles. The third-order valence-corrected chi connectivity index (χ3v) is 2.79. The van der Waals surface area contributed by atoms with Gasteiger partial charge in [0.2, 0.25) is 0 Å². The number of benzene rings is 1. The molecule has 1 rings (SSSR count). The van der Waals surface area contributed by atoms with E-state index in [0.29, 0.717) is 5.75 Å². The summed E-state index contributed by atoms with van der Waals surface area (Å²) < 4.78 is 0. The van der Waals surface area contributed by atoms with Crippen LogP contribution in [0.4, 0.5) is 0 Å². The fourth-order valence-electron chi connectivity index (χ4n) is 1.82. The molecular weight excluding hydrogens is 272 g/mol. The quantitative estimate of drug-likeness (QED) is 0.604. The first-order valence-corrected chi connectivity index (χ1v) is 6.11. The van der Waals surface area contributed by atoms with Crippen molar-refractivity contribution in [2.24, 2.45) is 0 Å². The van der Waals surface area contributed by atoms with E-state index in [0.717, 1.165) is 12.0 Å². The topological polar surface area (TPSA) is 20.2 Å². The van der Waals surface area contributed by atoms with Crippen molar-refractivity contribution in [2.45, 2.75) is 51.9 Å². The van der Waals surface area contributed by atoms with Gasteiger partial charge in [-0.25, -0.2) is 0 Å². The molecule has 16 heavy (non-hydrogen) atoms. The van der Waals surface area contributed by atoms with Gasteiger partial charge in [0.15, 0.2) is 0 Å². The van der Waals surface area contributed by atoms with Gasteiger partial charge in [-0.2, -0.15) is 0 Å². The van der Waals surface area contributed by atoms with Gasteiger partial charge >= 0.3 is 45.5 Å². The van der Waals surface area contributed by atoms with Crippen molar-refractivity contribution < 1.29 is 5.11 Å². The summed E-state index contributed by atoms with van der Waals surface area (Å²) in [4.78, 5) is 0. The van der Waals surface area contributed by atoms with Crippen LogP contribution >= 0.6 is 0 Å². The minimum absolute atomic E-state index is 0. The number of unbranched alkanes of at least 4 members (excludes halogenated alkanes) is 5. The number of hydrogen-bond donors (Lipinski definition) is 1. The van der Waals surface area contributed by atoms with Crippen LogP contribution in [0.1, 0.15) is 51.0 Å². The Hall–Kier alpha value is 0.501. The average Bonchev–Trinajstić information content (AvgIpc) is 2.25. The van der Waals surface area contributed by atoms with Crippen molar-refractivity contribution >= 4 is 45.5 Å². The van der Waals surface area contributed by atoms with E-state index in [4.69, 9.17) is 0 Å². The van der Waals surface area contributed by atoms with Crippen molar-refractivity contribution in [3.8, 4) is 5.75 Å². The Morgan fingerprint density at radius 2 is 1.56 bits per heavy atom. The molecule has 1 aromatic carbocycles. The minimum atomic E-state index is 0. The zero-order valence-corrected chi connectivity index (χ0v) is 9.71. The van der Waals surface area contributed by atoms with E-state index >= 15 is 0 Å². The fourth-order valence-corrected chi connectivity index (χ4v) is 1.82. The van der Waals surface area contributed by atoms with Gasteiger partial charge in [0.05, 0.1) is 0 Å². The van der Waals surface area contributed by atoms with Crippen molar-refractivity contribution in [2.75, 3.05) is 0 Å². The molecule has 0 aliphatic carbocycles. The molecule has 0 aromatic heterocycles. The first-order chi connectivity index (χ1) is 7.34. The molecule has 88 valence electrons. The Morgan fingerprint density at radius 3 is 2.25 bits per heavy atom. The van der Waals surface area contributed by atoms with Crippen molar-refractivity contribution in [1.29, 1.82) is 0 Å². The molecule has 1 aromatic rings. The van der Waals surface area contributed by atoms with Gasteiger partial charge in [0, 0.05) is 0 Å². The second-order valence-corrected chi connectivity index (χ2v) is 4.15. The fraction of sp³-hybridized carbons (Fsp3) is 0.571. The molecule has 0 atom stereocenters. The molecule has 0 aliphatic heterocycles. The number of aromatic hydroxyl groups is 1. The van der Waals surface area contributed by atoms with E-state index in [9.17, 15) is 5.11 Å². The molecule has 1 N–H and O–H groups in total. The Kier molecular flexibility index (Phi) is 11.0. The van der Waals surface area contributed by atoms with Crippen LogP contribution in [0.5, 0.6) is 5.75 Å². The van der Waals surface area contributed by atoms with E-state index < -0.39 is 0 Å². The van der Waals surface area contributed by atoms with Crippen molar-refractivity contribution in [1.82, 2.24) is 0 Å². The molecular formula is C14H24OSr. The monoisotopic (exact) mass is 296 g/mol. The van der Waals surface area contributed by atoms with E-state index in [1.54, 1.807) is 6.07 Å². The second kappa shape index (κ2) is 10.6. The maximum absolute atomic E-state index is 9.55. The Labute approximate surface area is 137 Å². The number of para-hydroxylation sites is 1. The Morgan fingerprint density at radius 1 is 0.938 bits per heavy atom. The maximum atomic E-state index is 9.55. The summed E-state index contributed by atoms with van der Waals surface area (Å²) in [5.41, 5.74) is 1.09. The Bertz CT molecular complexity index is 273. The number of phenolic OH excluding ortho intramolecular Hbond substituents is 1. The van der Waals surface area contributed by atoms with E-state index in [1.807, 2.05) is 18.2 Å². The standard InChI is InChI=1S/C14H22O.Sr.2H/c1-2-3-4-5-6-7-10-13-11-8-9-12-14(13)15;;;/h8-9,11-12,15H,2-7,10H2,1H3;;;. The van der Waals surface area contributed by atoms with Crippen LogP contribution in [0.15, 0.2) is 24.3 Å². The molecule has 1 nitrogen and oxygen atoms in total. The molecule has 0 amide bonds. The number of rotatable bonds is 7. The average molecular weight is 296 g/mol. The molecule has 0 saturated heterocycles. The van der Waals surface area contributed by atoms with Crippen molar-refractivity contribution in [3.63, 3.8) is 0 Å². The van der Waals surface area contributed by atoms with E-state index in [1.165, 1.54) is 38.5 Å². The van der Waals surface area contributed by atoms with Gasteiger partial charge in [0.1, 0.15) is 5.75 Å². The first-order valence-electron chi connectivity index (χ1n) is 6.11. The van der Waals surface area contributed by atoms with Crippen molar-refractivity contribution in [3.05, 3.63) is 29.8 Å². The van der Waals surface area contributed by atoms with E-state index in [-0.39, 0.29) is 45.5 Å². The van der Waals surface area contributed by atoms with Crippen LogP contribution in [0.3, 0.4) is 0 Å². The van der Waals surface area contributed by atoms with Gasteiger partial charge in [-0.3, -0.25) is 0 Å². The predicted octanol–water partition coefficient (Wildman–Crippen LogP) is 3.38. The van der Waals surface area contributed by atoms with Crippen LogP contribution < -0.4 is 0 Å². The molecule has 0 radical (unpaired) electrons. The number of phenols is 1. The summed E-state index contributed by atoms with van der Waals surface area (Å²) in [6, 6.07) is 7.65. The van der Waals surface area contributed by atoms with Gasteiger partial charge in [0.25, 0.3) is 0 Å². The third-order valence-electron chi connectivity index (χ3n) is 2.79.